The van der Waals surface area contributed by atoms with E-state index in [-0.39, 0.29) is 18.5 Å². The smallest absolute Gasteiger partial charge is 0.315 e. The van der Waals surface area contributed by atoms with E-state index in [1.807, 2.05) is 14.0 Å². The van der Waals surface area contributed by atoms with Crippen molar-refractivity contribution < 1.29 is 14.7 Å². The SMILES string of the molecule is CCC(C)N(C)CCNC(=O)NC(C)CCCC(=O)O. The molecular formula is C14H29N3O3. The van der Waals surface area contributed by atoms with Crippen LogP contribution in [0.4, 0.5) is 4.79 Å². The van der Waals surface area contributed by atoms with Crippen molar-refractivity contribution in [3.63, 3.8) is 0 Å². The fraction of sp³-hybridized carbons (Fsp3) is 0.857. The van der Waals surface area contributed by atoms with E-state index in [2.05, 4.69) is 29.4 Å². The summed E-state index contributed by atoms with van der Waals surface area (Å²) in [6, 6.07) is 0.307. The van der Waals surface area contributed by atoms with Gasteiger partial charge in [-0.25, -0.2) is 4.79 Å². The lowest BCUT2D eigenvalue weighted by atomic mass is 10.1. The van der Waals surface area contributed by atoms with Crippen LogP contribution in [0.15, 0.2) is 0 Å². The molecule has 0 aromatic heterocycles. The first-order valence-electron chi connectivity index (χ1n) is 7.33. The average molecular weight is 287 g/mol. The Morgan fingerprint density at radius 2 is 1.95 bits per heavy atom. The van der Waals surface area contributed by atoms with Gasteiger partial charge in [0.15, 0.2) is 0 Å². The molecule has 2 unspecified atom stereocenters. The minimum atomic E-state index is -0.797. The highest BCUT2D eigenvalue weighted by atomic mass is 16.4. The highest BCUT2D eigenvalue weighted by Gasteiger charge is 2.09. The topological polar surface area (TPSA) is 81.7 Å². The fourth-order valence-electron chi connectivity index (χ4n) is 1.78. The zero-order valence-electron chi connectivity index (χ0n) is 13.1. The van der Waals surface area contributed by atoms with E-state index < -0.39 is 5.97 Å². The van der Waals surface area contributed by atoms with Gasteiger partial charge in [-0.05, 0) is 40.2 Å². The van der Waals surface area contributed by atoms with Crippen molar-refractivity contribution >= 4 is 12.0 Å². The summed E-state index contributed by atoms with van der Waals surface area (Å²) in [5.41, 5.74) is 0. The number of likely N-dealkylation sites (N-methyl/N-ethyl adjacent to an activating group) is 1. The fourth-order valence-corrected chi connectivity index (χ4v) is 1.78. The summed E-state index contributed by atoms with van der Waals surface area (Å²) >= 11 is 0. The number of hydrogen-bond donors (Lipinski definition) is 3. The molecule has 2 atom stereocenters. The van der Waals surface area contributed by atoms with Gasteiger partial charge in [0.2, 0.25) is 0 Å². The second kappa shape index (κ2) is 10.5. The van der Waals surface area contributed by atoms with E-state index in [1.165, 1.54) is 0 Å². The number of carbonyl (C=O) groups is 2. The lowest BCUT2D eigenvalue weighted by Gasteiger charge is -2.23. The van der Waals surface area contributed by atoms with Gasteiger partial charge in [-0.2, -0.15) is 0 Å². The molecule has 2 amide bonds. The second-order valence-corrected chi connectivity index (χ2v) is 5.33. The van der Waals surface area contributed by atoms with Gasteiger partial charge in [0, 0.05) is 31.6 Å². The maximum atomic E-state index is 11.6. The number of carbonyl (C=O) groups excluding carboxylic acids is 1. The molecule has 0 spiro atoms. The van der Waals surface area contributed by atoms with Crippen molar-refractivity contribution in [3.8, 4) is 0 Å². The van der Waals surface area contributed by atoms with Gasteiger partial charge in [0.25, 0.3) is 0 Å². The average Bonchev–Trinajstić information content (AvgIpc) is 2.36. The van der Waals surface area contributed by atoms with Crippen LogP contribution in [0.2, 0.25) is 0 Å². The molecule has 0 saturated carbocycles. The van der Waals surface area contributed by atoms with Gasteiger partial charge < -0.3 is 20.6 Å². The van der Waals surface area contributed by atoms with Crippen LogP contribution in [0.3, 0.4) is 0 Å². The van der Waals surface area contributed by atoms with E-state index in [4.69, 9.17) is 5.11 Å². The number of amides is 2. The third-order valence-electron chi connectivity index (χ3n) is 3.50. The molecule has 0 aliphatic heterocycles. The summed E-state index contributed by atoms with van der Waals surface area (Å²) in [6.07, 6.45) is 2.48. The molecule has 0 aromatic rings. The summed E-state index contributed by atoms with van der Waals surface area (Å²) in [7, 11) is 2.04. The van der Waals surface area contributed by atoms with E-state index in [0.717, 1.165) is 13.0 Å². The van der Waals surface area contributed by atoms with Crippen molar-refractivity contribution in [1.82, 2.24) is 15.5 Å². The molecule has 6 nitrogen and oxygen atoms in total. The van der Waals surface area contributed by atoms with Gasteiger partial charge in [-0.3, -0.25) is 4.79 Å². The first-order valence-corrected chi connectivity index (χ1v) is 7.33. The lowest BCUT2D eigenvalue weighted by molar-refractivity contribution is -0.137. The molecule has 6 heteroatoms. The Hall–Kier alpha value is -1.30. The molecule has 0 radical (unpaired) electrons. The Morgan fingerprint density at radius 1 is 1.30 bits per heavy atom. The number of nitrogens with zero attached hydrogens (tertiary/aromatic N) is 1. The summed E-state index contributed by atoms with van der Waals surface area (Å²) in [6.45, 7) is 7.60. The Morgan fingerprint density at radius 3 is 2.50 bits per heavy atom. The van der Waals surface area contributed by atoms with Gasteiger partial charge >= 0.3 is 12.0 Å². The number of rotatable bonds is 10. The van der Waals surface area contributed by atoms with Gasteiger partial charge in [0.05, 0.1) is 0 Å². The van der Waals surface area contributed by atoms with Crippen LogP contribution >= 0.6 is 0 Å². The summed E-state index contributed by atoms with van der Waals surface area (Å²) in [5.74, 6) is -0.797. The van der Waals surface area contributed by atoms with E-state index in [1.54, 1.807) is 0 Å². The van der Waals surface area contributed by atoms with E-state index in [0.29, 0.717) is 25.4 Å². The molecule has 0 bridgehead atoms. The van der Waals surface area contributed by atoms with Crippen molar-refractivity contribution in [2.24, 2.45) is 0 Å². The molecule has 0 rings (SSSR count). The number of urea groups is 1. The molecule has 0 saturated heterocycles. The molecule has 0 aliphatic rings. The largest absolute Gasteiger partial charge is 0.481 e. The standard InChI is InChI=1S/C14H29N3O3/c1-5-12(3)17(4)10-9-15-14(20)16-11(2)7-6-8-13(18)19/h11-12H,5-10H2,1-4H3,(H,18,19)(H2,15,16,20). The maximum Gasteiger partial charge on any atom is 0.315 e. The molecule has 0 aliphatic carbocycles. The van der Waals surface area contributed by atoms with Crippen molar-refractivity contribution in [3.05, 3.63) is 0 Å². The second-order valence-electron chi connectivity index (χ2n) is 5.33. The molecule has 0 heterocycles. The Labute approximate surface area is 121 Å². The predicted molar refractivity (Wildman–Crippen MR) is 79.9 cm³/mol. The van der Waals surface area contributed by atoms with Crippen molar-refractivity contribution in [2.75, 3.05) is 20.1 Å². The van der Waals surface area contributed by atoms with Crippen LogP contribution in [0.5, 0.6) is 0 Å². The van der Waals surface area contributed by atoms with Crippen LogP contribution in [-0.2, 0) is 4.79 Å². The number of carboxylic acid groups (broad SMARTS) is 1. The normalized spacial score (nSPS) is 13.8. The van der Waals surface area contributed by atoms with Gasteiger partial charge in [-0.15, -0.1) is 0 Å². The summed E-state index contributed by atoms with van der Waals surface area (Å²) in [4.78, 5) is 24.2. The Balaban J connectivity index is 3.69. The molecular weight excluding hydrogens is 258 g/mol. The van der Waals surface area contributed by atoms with Crippen LogP contribution in [-0.4, -0.2) is 54.2 Å². The summed E-state index contributed by atoms with van der Waals surface area (Å²) in [5, 5.41) is 14.2. The molecule has 118 valence electrons. The highest BCUT2D eigenvalue weighted by molar-refractivity contribution is 5.74. The lowest BCUT2D eigenvalue weighted by Crippen LogP contribution is -2.44. The van der Waals surface area contributed by atoms with E-state index >= 15 is 0 Å². The first-order chi connectivity index (χ1) is 9.36. The number of carboxylic acids is 1. The monoisotopic (exact) mass is 287 g/mol. The molecule has 3 N–H and O–H groups in total. The molecule has 20 heavy (non-hydrogen) atoms. The molecule has 0 fully saturated rings. The third kappa shape index (κ3) is 9.61. The highest BCUT2D eigenvalue weighted by Crippen LogP contribution is 2.00. The van der Waals surface area contributed by atoms with Crippen molar-refractivity contribution in [2.45, 2.75) is 58.5 Å². The van der Waals surface area contributed by atoms with Gasteiger partial charge in [-0.1, -0.05) is 6.92 Å². The van der Waals surface area contributed by atoms with Crippen molar-refractivity contribution in [1.29, 1.82) is 0 Å². The maximum absolute atomic E-state index is 11.6. The minimum Gasteiger partial charge on any atom is -0.481 e. The number of aliphatic carboxylic acids is 1. The molecule has 0 aromatic carbocycles. The zero-order valence-corrected chi connectivity index (χ0v) is 13.1. The van der Waals surface area contributed by atoms with Crippen LogP contribution in [0.1, 0.15) is 46.5 Å². The third-order valence-corrected chi connectivity index (χ3v) is 3.50. The Bertz CT molecular complexity index is 297. The quantitative estimate of drug-likeness (QED) is 0.571. The Kier molecular flexibility index (Phi) is 9.80. The van der Waals surface area contributed by atoms with Crippen LogP contribution < -0.4 is 10.6 Å². The number of nitrogens with one attached hydrogen (secondary N) is 2. The predicted octanol–water partition coefficient (Wildman–Crippen LogP) is 1.66. The van der Waals surface area contributed by atoms with Crippen LogP contribution in [0, 0.1) is 0 Å². The number of hydrogen-bond acceptors (Lipinski definition) is 3. The summed E-state index contributed by atoms with van der Waals surface area (Å²) < 4.78 is 0. The zero-order chi connectivity index (χ0) is 15.5. The van der Waals surface area contributed by atoms with Crippen LogP contribution in [0.25, 0.3) is 0 Å². The first kappa shape index (κ1) is 18.7. The van der Waals surface area contributed by atoms with E-state index in [9.17, 15) is 9.59 Å². The van der Waals surface area contributed by atoms with Gasteiger partial charge in [0.1, 0.15) is 0 Å². The minimum absolute atomic E-state index is 0.0124.